The monoisotopic (exact) mass is 417 g/mol. The molecule has 0 saturated carbocycles. The number of pyridine rings is 1. The number of sulfonamides is 1. The number of hydrogen-bond acceptors (Lipinski definition) is 6. The van der Waals surface area contributed by atoms with Crippen molar-refractivity contribution in [2.75, 3.05) is 0 Å². The minimum Gasteiger partial charge on any atom is -0.258 e. The second kappa shape index (κ2) is 8.49. The van der Waals surface area contributed by atoms with E-state index in [0.29, 0.717) is 16.5 Å². The summed E-state index contributed by atoms with van der Waals surface area (Å²) in [6.45, 7) is 12.4. The van der Waals surface area contributed by atoms with Crippen LogP contribution in [0.1, 0.15) is 87.8 Å². The molecule has 3 N–H and O–H groups in total. The van der Waals surface area contributed by atoms with Crippen LogP contribution in [0.4, 0.5) is 0 Å². The molecule has 158 valence electrons. The number of hydrazine groups is 3. The highest BCUT2D eigenvalue weighted by Gasteiger charge is 2.40. The Morgan fingerprint density at radius 3 is 2.07 bits per heavy atom. The number of benzene rings is 1. The minimum absolute atomic E-state index is 0.0628. The molecule has 1 aromatic carbocycles. The maximum atomic E-state index is 13.9. The number of nitrogens with zero attached hydrogens (tertiary/aromatic N) is 2. The third kappa shape index (κ3) is 4.22. The van der Waals surface area contributed by atoms with Gasteiger partial charge in [0.25, 0.3) is 10.0 Å². The van der Waals surface area contributed by atoms with E-state index in [1.807, 2.05) is 45.9 Å². The van der Waals surface area contributed by atoms with Crippen molar-refractivity contribution < 1.29 is 8.42 Å². The number of rotatable bonds is 6. The van der Waals surface area contributed by atoms with Gasteiger partial charge in [0.15, 0.2) is 0 Å². The van der Waals surface area contributed by atoms with Crippen molar-refractivity contribution in [1.29, 1.82) is 0 Å². The van der Waals surface area contributed by atoms with Gasteiger partial charge in [0.2, 0.25) is 0 Å². The molecule has 8 heteroatoms. The maximum absolute atomic E-state index is 13.9. The molecule has 29 heavy (non-hydrogen) atoms. The van der Waals surface area contributed by atoms with E-state index in [2.05, 4.69) is 35.3 Å². The molecule has 2 aromatic rings. The molecular formula is C21H31N5O2S. The Kier molecular flexibility index (Phi) is 6.40. The fraction of sp³-hybridized carbons (Fsp3) is 0.476. The Morgan fingerprint density at radius 1 is 0.966 bits per heavy atom. The van der Waals surface area contributed by atoms with Crippen LogP contribution >= 0.6 is 0 Å². The van der Waals surface area contributed by atoms with Crippen molar-refractivity contribution in [2.45, 2.75) is 70.4 Å². The highest BCUT2D eigenvalue weighted by atomic mass is 32.2. The minimum atomic E-state index is -3.87. The lowest BCUT2D eigenvalue weighted by atomic mass is 9.89. The van der Waals surface area contributed by atoms with Crippen molar-refractivity contribution in [3.63, 3.8) is 0 Å². The molecule has 1 saturated heterocycles. The predicted octanol–water partition coefficient (Wildman–Crippen LogP) is 3.67. The van der Waals surface area contributed by atoms with E-state index in [4.69, 9.17) is 0 Å². The zero-order valence-corrected chi connectivity index (χ0v) is 18.7. The summed E-state index contributed by atoms with van der Waals surface area (Å²) in [4.78, 5) is 4.70. The van der Waals surface area contributed by atoms with E-state index in [0.717, 1.165) is 16.7 Å². The van der Waals surface area contributed by atoms with Gasteiger partial charge in [-0.05, 0) is 46.6 Å². The van der Waals surface area contributed by atoms with Crippen LogP contribution in [0.5, 0.6) is 0 Å². The number of aromatic nitrogens is 1. The molecule has 0 radical (unpaired) electrons. The van der Waals surface area contributed by atoms with Gasteiger partial charge >= 0.3 is 0 Å². The normalized spacial score (nSPS) is 18.3. The first-order chi connectivity index (χ1) is 13.6. The van der Waals surface area contributed by atoms with Crippen LogP contribution in [-0.2, 0) is 10.0 Å². The predicted molar refractivity (Wildman–Crippen MR) is 114 cm³/mol. The molecule has 0 bridgehead atoms. The molecule has 1 fully saturated rings. The highest BCUT2D eigenvalue weighted by Crippen LogP contribution is 2.37. The molecule has 3 rings (SSSR count). The van der Waals surface area contributed by atoms with Gasteiger partial charge in [-0.15, -0.1) is 0 Å². The van der Waals surface area contributed by atoms with Crippen molar-refractivity contribution >= 4 is 10.0 Å². The molecule has 1 atom stereocenters. The summed E-state index contributed by atoms with van der Waals surface area (Å²) in [6.07, 6.45) is 0.988. The van der Waals surface area contributed by atoms with Crippen LogP contribution in [0, 0.1) is 0 Å². The van der Waals surface area contributed by atoms with E-state index in [1.165, 1.54) is 4.41 Å². The van der Waals surface area contributed by atoms with E-state index >= 15 is 0 Å². The summed E-state index contributed by atoms with van der Waals surface area (Å²) < 4.78 is 29.0. The Bertz CT molecular complexity index is 929. The van der Waals surface area contributed by atoms with Crippen LogP contribution in [0.25, 0.3) is 0 Å². The van der Waals surface area contributed by atoms with Gasteiger partial charge in [0, 0.05) is 6.20 Å². The third-order valence-corrected chi connectivity index (χ3v) is 6.98. The molecule has 1 aliphatic heterocycles. The topological polar surface area (TPSA) is 86.4 Å². The smallest absolute Gasteiger partial charge is 0.258 e. The first-order valence-electron chi connectivity index (χ1n) is 10.0. The SMILES string of the molecule is CC(C)c1cc(C(C)C)c(S(=O)(=O)N2NNNC2c2ccccn2)c(C(C)C)c1. The standard InChI is InChI=1S/C21H31N5O2S/c1-13(2)16-11-17(14(3)4)20(18(12-16)15(5)6)29(27,28)26-21(23-24-25-26)19-9-7-8-10-22-19/h7-15,21,23-25H,1-6H3. The molecule has 0 amide bonds. The molecular weight excluding hydrogens is 386 g/mol. The number of nitrogens with one attached hydrogen (secondary N) is 3. The lowest BCUT2D eigenvalue weighted by molar-refractivity contribution is 0.305. The summed E-state index contributed by atoms with van der Waals surface area (Å²) in [6, 6.07) is 9.52. The lowest BCUT2D eigenvalue weighted by Gasteiger charge is -2.27. The third-order valence-electron chi connectivity index (χ3n) is 5.17. The van der Waals surface area contributed by atoms with Gasteiger partial charge < -0.3 is 0 Å². The van der Waals surface area contributed by atoms with Crippen molar-refractivity contribution in [3.05, 3.63) is 58.9 Å². The van der Waals surface area contributed by atoms with E-state index in [1.54, 1.807) is 18.3 Å². The molecule has 1 aromatic heterocycles. The lowest BCUT2D eigenvalue weighted by Crippen LogP contribution is -2.42. The van der Waals surface area contributed by atoms with Crippen LogP contribution < -0.4 is 16.5 Å². The summed E-state index contributed by atoms with van der Waals surface area (Å²) >= 11 is 0. The number of hydrogen-bond donors (Lipinski definition) is 3. The zero-order chi connectivity index (χ0) is 21.3. The van der Waals surface area contributed by atoms with Crippen molar-refractivity contribution in [1.82, 2.24) is 25.9 Å². The zero-order valence-electron chi connectivity index (χ0n) is 17.9. The average molecular weight is 418 g/mol. The average Bonchev–Trinajstić information content (AvgIpc) is 3.18. The van der Waals surface area contributed by atoms with E-state index in [-0.39, 0.29) is 11.8 Å². The highest BCUT2D eigenvalue weighted by molar-refractivity contribution is 7.89. The van der Waals surface area contributed by atoms with Gasteiger partial charge in [0.05, 0.1) is 10.6 Å². The molecule has 7 nitrogen and oxygen atoms in total. The van der Waals surface area contributed by atoms with Gasteiger partial charge in [-0.25, -0.2) is 13.8 Å². The molecule has 1 unspecified atom stereocenters. The van der Waals surface area contributed by atoms with E-state index < -0.39 is 16.2 Å². The largest absolute Gasteiger partial charge is 0.259 e. The van der Waals surface area contributed by atoms with Crippen LogP contribution in [0.3, 0.4) is 0 Å². The van der Waals surface area contributed by atoms with Gasteiger partial charge in [-0.3, -0.25) is 4.98 Å². The van der Waals surface area contributed by atoms with E-state index in [9.17, 15) is 8.42 Å². The summed E-state index contributed by atoms with van der Waals surface area (Å²) in [7, 11) is -3.87. The van der Waals surface area contributed by atoms with Gasteiger partial charge in [-0.1, -0.05) is 64.2 Å². The fourth-order valence-corrected chi connectivity index (χ4v) is 5.48. The van der Waals surface area contributed by atoms with Crippen LogP contribution in [0.15, 0.2) is 41.4 Å². The Hall–Kier alpha value is -1.84. The summed E-state index contributed by atoms with van der Waals surface area (Å²) in [5.41, 5.74) is 11.9. The van der Waals surface area contributed by atoms with Crippen molar-refractivity contribution in [3.8, 4) is 0 Å². The fourth-order valence-electron chi connectivity index (χ4n) is 3.50. The van der Waals surface area contributed by atoms with Gasteiger partial charge in [-0.2, -0.15) is 11.1 Å². The van der Waals surface area contributed by atoms with Gasteiger partial charge in [0.1, 0.15) is 6.17 Å². The molecule has 0 aliphatic carbocycles. The summed E-state index contributed by atoms with van der Waals surface area (Å²) in [5, 5.41) is 0. The first kappa shape index (κ1) is 21.9. The molecule has 0 spiro atoms. The molecule has 2 heterocycles. The molecule has 1 aliphatic rings. The Morgan fingerprint density at radius 2 is 1.59 bits per heavy atom. The second-order valence-electron chi connectivity index (χ2n) is 8.33. The quantitative estimate of drug-likeness (QED) is 0.665. The second-order valence-corrected chi connectivity index (χ2v) is 10.1. The Balaban J connectivity index is 2.20. The van der Waals surface area contributed by atoms with Crippen LogP contribution in [-0.4, -0.2) is 17.8 Å². The Labute approximate surface area is 173 Å². The maximum Gasteiger partial charge on any atom is 0.259 e. The van der Waals surface area contributed by atoms with Crippen molar-refractivity contribution in [2.24, 2.45) is 0 Å². The summed E-state index contributed by atoms with van der Waals surface area (Å²) in [5.74, 6) is 0.442. The van der Waals surface area contributed by atoms with Crippen LogP contribution in [0.2, 0.25) is 0 Å². The first-order valence-corrected chi connectivity index (χ1v) is 11.5.